The van der Waals surface area contributed by atoms with Crippen molar-refractivity contribution in [1.29, 1.82) is 0 Å². The highest BCUT2D eigenvalue weighted by Gasteiger charge is 2.09. The largest absolute Gasteiger partial charge is 0.465 e. The van der Waals surface area contributed by atoms with Gasteiger partial charge in [-0.2, -0.15) is 0 Å². The first-order valence-corrected chi connectivity index (χ1v) is 6.98. The Hall–Kier alpha value is -2.15. The quantitative estimate of drug-likeness (QED) is 0.848. The molecule has 0 aliphatic heterocycles. The van der Waals surface area contributed by atoms with E-state index in [0.717, 1.165) is 15.8 Å². The van der Waals surface area contributed by atoms with Gasteiger partial charge in [0.2, 0.25) is 0 Å². The molecule has 7 heteroatoms. The molecule has 0 saturated heterocycles. The molecule has 2 aromatic rings. The number of nitrogens with zero attached hydrogens (tertiary/aromatic N) is 1. The van der Waals surface area contributed by atoms with Gasteiger partial charge in [0.1, 0.15) is 6.54 Å². The second-order valence-electron chi connectivity index (χ2n) is 4.10. The van der Waals surface area contributed by atoms with E-state index in [4.69, 9.17) is 4.74 Å². The number of ether oxygens (including phenoxy) is 1. The molecule has 0 bridgehead atoms. The summed E-state index contributed by atoms with van der Waals surface area (Å²) in [5.41, 5.74) is 1.97. The molecule has 0 aliphatic carbocycles. The Morgan fingerprint density at radius 1 is 1.40 bits per heavy atom. The molecular formula is C13H15N3O3S. The highest BCUT2D eigenvalue weighted by molar-refractivity contribution is 7.22. The van der Waals surface area contributed by atoms with Crippen molar-refractivity contribution in [3.8, 4) is 0 Å². The van der Waals surface area contributed by atoms with E-state index in [2.05, 4.69) is 15.6 Å². The number of nitrogens with one attached hydrogen (secondary N) is 2. The van der Waals surface area contributed by atoms with Crippen molar-refractivity contribution in [3.63, 3.8) is 0 Å². The van der Waals surface area contributed by atoms with E-state index in [1.807, 2.05) is 25.1 Å². The first-order chi connectivity index (χ1) is 9.58. The predicted octanol–water partition coefficient (Wildman–Crippen LogP) is 2.29. The van der Waals surface area contributed by atoms with Gasteiger partial charge in [-0.1, -0.05) is 17.4 Å². The van der Waals surface area contributed by atoms with E-state index >= 15 is 0 Å². The van der Waals surface area contributed by atoms with Gasteiger partial charge in [0.05, 0.1) is 16.8 Å². The van der Waals surface area contributed by atoms with Gasteiger partial charge < -0.3 is 10.1 Å². The van der Waals surface area contributed by atoms with Crippen LogP contribution in [-0.2, 0) is 9.53 Å². The molecule has 106 valence electrons. The lowest BCUT2D eigenvalue weighted by molar-refractivity contribution is -0.141. The molecule has 2 rings (SSSR count). The van der Waals surface area contributed by atoms with Crippen LogP contribution >= 0.6 is 11.3 Å². The van der Waals surface area contributed by atoms with Crippen LogP contribution in [0.3, 0.4) is 0 Å². The molecule has 20 heavy (non-hydrogen) atoms. The van der Waals surface area contributed by atoms with Crippen molar-refractivity contribution >= 4 is 38.7 Å². The summed E-state index contributed by atoms with van der Waals surface area (Å²) in [6, 6.07) is 5.40. The van der Waals surface area contributed by atoms with Crippen molar-refractivity contribution in [3.05, 3.63) is 23.8 Å². The average Bonchev–Trinajstić information content (AvgIpc) is 2.78. The summed E-state index contributed by atoms with van der Waals surface area (Å²) in [4.78, 5) is 27.0. The normalized spacial score (nSPS) is 10.3. The molecule has 1 heterocycles. The van der Waals surface area contributed by atoms with Gasteiger partial charge in [0, 0.05) is 0 Å². The summed E-state index contributed by atoms with van der Waals surface area (Å²) < 4.78 is 5.71. The molecule has 0 fully saturated rings. The monoisotopic (exact) mass is 293 g/mol. The number of aromatic nitrogens is 1. The van der Waals surface area contributed by atoms with Crippen LogP contribution in [0.1, 0.15) is 12.5 Å². The Morgan fingerprint density at radius 3 is 2.95 bits per heavy atom. The van der Waals surface area contributed by atoms with Crippen molar-refractivity contribution in [2.45, 2.75) is 13.8 Å². The number of carbonyl (C=O) groups excluding carboxylic acids is 2. The molecule has 0 atom stereocenters. The molecule has 0 unspecified atom stereocenters. The van der Waals surface area contributed by atoms with E-state index in [1.165, 1.54) is 11.3 Å². The lowest BCUT2D eigenvalue weighted by atomic mass is 10.2. The Labute approximate surface area is 120 Å². The SMILES string of the molecule is CCOC(=O)CNC(=O)Nc1nc2ccc(C)cc2s1. The van der Waals surface area contributed by atoms with Gasteiger partial charge in [-0.25, -0.2) is 9.78 Å². The van der Waals surface area contributed by atoms with E-state index < -0.39 is 12.0 Å². The molecule has 2 amide bonds. The summed E-state index contributed by atoms with van der Waals surface area (Å²) in [6.45, 7) is 3.84. The van der Waals surface area contributed by atoms with Crippen LogP contribution in [-0.4, -0.2) is 30.1 Å². The lowest BCUT2D eigenvalue weighted by Crippen LogP contribution is -2.34. The number of anilines is 1. The van der Waals surface area contributed by atoms with E-state index in [1.54, 1.807) is 6.92 Å². The lowest BCUT2D eigenvalue weighted by Gasteiger charge is -2.04. The molecule has 1 aromatic carbocycles. The van der Waals surface area contributed by atoms with E-state index in [9.17, 15) is 9.59 Å². The van der Waals surface area contributed by atoms with Gasteiger partial charge in [-0.15, -0.1) is 0 Å². The smallest absolute Gasteiger partial charge is 0.325 e. The highest BCUT2D eigenvalue weighted by Crippen LogP contribution is 2.26. The van der Waals surface area contributed by atoms with Gasteiger partial charge in [0.25, 0.3) is 0 Å². The standard InChI is InChI=1S/C13H15N3O3S/c1-3-19-11(17)7-14-12(18)16-13-15-9-5-4-8(2)6-10(9)20-13/h4-6H,3,7H2,1-2H3,(H2,14,15,16,18). The molecule has 0 radical (unpaired) electrons. The number of urea groups is 1. The maximum atomic E-state index is 11.6. The van der Waals surface area contributed by atoms with Gasteiger partial charge in [-0.05, 0) is 31.5 Å². The van der Waals surface area contributed by atoms with Crippen LogP contribution in [0.2, 0.25) is 0 Å². The number of aryl methyl sites for hydroxylation is 1. The number of thiazole rings is 1. The van der Waals surface area contributed by atoms with Gasteiger partial charge >= 0.3 is 12.0 Å². The summed E-state index contributed by atoms with van der Waals surface area (Å²) in [5.74, 6) is -0.470. The van der Waals surface area contributed by atoms with Crippen LogP contribution in [0.15, 0.2) is 18.2 Å². The van der Waals surface area contributed by atoms with Gasteiger partial charge in [-0.3, -0.25) is 10.1 Å². The third-order valence-corrected chi connectivity index (χ3v) is 3.40. The Bertz CT molecular complexity index is 639. The fraction of sp³-hybridized carbons (Fsp3) is 0.308. The van der Waals surface area contributed by atoms with Crippen LogP contribution in [0, 0.1) is 6.92 Å². The third-order valence-electron chi connectivity index (χ3n) is 2.46. The summed E-state index contributed by atoms with van der Waals surface area (Å²) in [5, 5.41) is 5.50. The fourth-order valence-corrected chi connectivity index (χ4v) is 2.55. The van der Waals surface area contributed by atoms with Crippen LogP contribution in [0.5, 0.6) is 0 Å². The highest BCUT2D eigenvalue weighted by atomic mass is 32.1. The number of hydrogen-bond donors (Lipinski definition) is 2. The van der Waals surface area contributed by atoms with Crippen molar-refractivity contribution < 1.29 is 14.3 Å². The number of hydrogen-bond acceptors (Lipinski definition) is 5. The molecule has 0 saturated carbocycles. The molecule has 0 spiro atoms. The van der Waals surface area contributed by atoms with Crippen LogP contribution in [0.25, 0.3) is 10.2 Å². The van der Waals surface area contributed by atoms with E-state index in [0.29, 0.717) is 11.7 Å². The Balaban J connectivity index is 1.94. The minimum atomic E-state index is -0.478. The number of benzene rings is 1. The number of amides is 2. The summed E-state index contributed by atoms with van der Waals surface area (Å²) in [7, 11) is 0. The number of carbonyl (C=O) groups is 2. The first kappa shape index (κ1) is 14.3. The summed E-state index contributed by atoms with van der Waals surface area (Å²) in [6.07, 6.45) is 0. The van der Waals surface area contributed by atoms with Crippen molar-refractivity contribution in [1.82, 2.24) is 10.3 Å². The fourth-order valence-electron chi connectivity index (χ4n) is 1.59. The minimum Gasteiger partial charge on any atom is -0.465 e. The molecule has 6 nitrogen and oxygen atoms in total. The zero-order valence-corrected chi connectivity index (χ0v) is 12.0. The molecular weight excluding hydrogens is 278 g/mol. The van der Waals surface area contributed by atoms with Gasteiger partial charge in [0.15, 0.2) is 5.13 Å². The zero-order valence-electron chi connectivity index (χ0n) is 11.2. The molecule has 0 aliphatic rings. The van der Waals surface area contributed by atoms with Crippen molar-refractivity contribution in [2.75, 3.05) is 18.5 Å². The van der Waals surface area contributed by atoms with Crippen molar-refractivity contribution in [2.24, 2.45) is 0 Å². The minimum absolute atomic E-state index is 0.163. The average molecular weight is 293 g/mol. The Morgan fingerprint density at radius 2 is 2.20 bits per heavy atom. The second kappa shape index (κ2) is 6.33. The van der Waals surface area contributed by atoms with Crippen LogP contribution < -0.4 is 10.6 Å². The third kappa shape index (κ3) is 3.67. The van der Waals surface area contributed by atoms with E-state index in [-0.39, 0.29) is 6.54 Å². The maximum absolute atomic E-state index is 11.6. The first-order valence-electron chi connectivity index (χ1n) is 6.16. The summed E-state index contributed by atoms with van der Waals surface area (Å²) >= 11 is 1.39. The Kier molecular flexibility index (Phi) is 4.52. The number of rotatable bonds is 4. The maximum Gasteiger partial charge on any atom is 0.325 e. The molecule has 1 aromatic heterocycles. The second-order valence-corrected chi connectivity index (χ2v) is 5.13. The topological polar surface area (TPSA) is 80.3 Å². The van der Waals surface area contributed by atoms with Crippen LogP contribution in [0.4, 0.5) is 9.93 Å². The number of esters is 1. The predicted molar refractivity (Wildman–Crippen MR) is 78.0 cm³/mol. The zero-order chi connectivity index (χ0) is 14.5. The number of fused-ring (bicyclic) bond motifs is 1. The molecule has 2 N–H and O–H groups in total.